The van der Waals surface area contributed by atoms with Gasteiger partial charge in [0.2, 0.25) is 0 Å². The molecule has 1 aromatic heterocycles. The van der Waals surface area contributed by atoms with E-state index in [0.29, 0.717) is 22.9 Å². The molecule has 4 rings (SSSR count). The van der Waals surface area contributed by atoms with Crippen molar-refractivity contribution < 1.29 is 23.7 Å². The topological polar surface area (TPSA) is 141 Å². The predicted molar refractivity (Wildman–Crippen MR) is 119 cm³/mol. The first-order chi connectivity index (χ1) is 15.8. The molecule has 0 aliphatic carbocycles. The first-order valence-corrected chi connectivity index (χ1v) is 10.1. The van der Waals surface area contributed by atoms with Gasteiger partial charge in [0.25, 0.3) is 11.6 Å². The molecular formula is C22H17ClN4O6. The Morgan fingerprint density at radius 3 is 2.67 bits per heavy atom. The summed E-state index contributed by atoms with van der Waals surface area (Å²) < 4.78 is 10.6. The fraction of sp³-hybridized carbons (Fsp3) is 0.136. The highest BCUT2D eigenvalue weighted by atomic mass is 35.5. The maximum absolute atomic E-state index is 12.9. The number of nitro benzene ring substituents is 1. The molecule has 11 heteroatoms. The Kier molecular flexibility index (Phi) is 6.09. The number of amides is 1. The normalized spacial score (nSPS) is 15.2. The number of nitro groups is 1. The highest BCUT2D eigenvalue weighted by Crippen LogP contribution is 2.33. The molecule has 0 saturated heterocycles. The Bertz CT molecular complexity index is 1240. The lowest BCUT2D eigenvalue weighted by Crippen LogP contribution is -2.31. The summed E-state index contributed by atoms with van der Waals surface area (Å²) in [5, 5.41) is 17.2. The van der Waals surface area contributed by atoms with Gasteiger partial charge in [0.05, 0.1) is 22.5 Å². The third kappa shape index (κ3) is 4.70. The van der Waals surface area contributed by atoms with Crippen LogP contribution in [-0.4, -0.2) is 34.1 Å². The third-order valence-corrected chi connectivity index (χ3v) is 5.26. The standard InChI is InChI=1S/C22H17ClN4O6/c23-15-6-3-13(4-7-15)17-11-19(20-2-1-9-32-20)26(25-17)21(28)12-33-22(29)14-5-8-16(24)18(10-14)27(30)31/h1-10,19H,11-12,24H2/t19-/m1/s1. The Balaban J connectivity index is 1.51. The summed E-state index contributed by atoms with van der Waals surface area (Å²) in [6.45, 7) is -0.619. The molecular weight excluding hydrogens is 452 g/mol. The van der Waals surface area contributed by atoms with E-state index in [2.05, 4.69) is 5.10 Å². The van der Waals surface area contributed by atoms with E-state index >= 15 is 0 Å². The second kappa shape index (κ2) is 9.13. The number of halogens is 1. The molecule has 0 fully saturated rings. The van der Waals surface area contributed by atoms with Crippen LogP contribution < -0.4 is 5.73 Å². The lowest BCUT2D eigenvalue weighted by Gasteiger charge is -2.19. The molecule has 2 N–H and O–H groups in total. The van der Waals surface area contributed by atoms with Crippen molar-refractivity contribution in [2.24, 2.45) is 5.10 Å². The van der Waals surface area contributed by atoms with Crippen molar-refractivity contribution in [3.63, 3.8) is 0 Å². The molecule has 33 heavy (non-hydrogen) atoms. The summed E-state index contributed by atoms with van der Waals surface area (Å²) in [6.07, 6.45) is 1.88. The third-order valence-electron chi connectivity index (χ3n) is 5.00. The number of carbonyl (C=O) groups excluding carboxylic acids is 2. The van der Waals surface area contributed by atoms with E-state index in [9.17, 15) is 19.7 Å². The van der Waals surface area contributed by atoms with E-state index in [-0.39, 0.29) is 11.3 Å². The molecule has 168 valence electrons. The number of nitrogens with two attached hydrogens (primary N) is 1. The fourth-order valence-electron chi connectivity index (χ4n) is 3.37. The molecule has 1 amide bonds. The fourth-order valence-corrected chi connectivity index (χ4v) is 3.49. The number of hydrogen-bond donors (Lipinski definition) is 1. The molecule has 1 aliphatic heterocycles. The van der Waals surface area contributed by atoms with Crippen molar-refractivity contribution >= 4 is 40.6 Å². The van der Waals surface area contributed by atoms with Crippen molar-refractivity contribution in [2.75, 3.05) is 12.3 Å². The van der Waals surface area contributed by atoms with Crippen LogP contribution in [0.2, 0.25) is 5.02 Å². The number of hydrogen-bond acceptors (Lipinski definition) is 8. The number of anilines is 1. The van der Waals surface area contributed by atoms with Crippen molar-refractivity contribution in [3.8, 4) is 0 Å². The van der Waals surface area contributed by atoms with Crippen molar-refractivity contribution in [3.05, 3.63) is 92.9 Å². The van der Waals surface area contributed by atoms with Crippen LogP contribution in [0.15, 0.2) is 70.4 Å². The molecule has 1 aliphatic rings. The monoisotopic (exact) mass is 468 g/mol. The van der Waals surface area contributed by atoms with Crippen molar-refractivity contribution in [1.29, 1.82) is 0 Å². The molecule has 0 radical (unpaired) electrons. The number of benzene rings is 2. The Hall–Kier alpha value is -4.18. The number of nitrogens with zero attached hydrogens (tertiary/aromatic N) is 3. The quantitative estimate of drug-likeness (QED) is 0.250. The zero-order chi connectivity index (χ0) is 23.5. The number of rotatable bonds is 6. The van der Waals surface area contributed by atoms with Crippen LogP contribution in [-0.2, 0) is 9.53 Å². The van der Waals surface area contributed by atoms with E-state index in [1.807, 2.05) is 0 Å². The van der Waals surface area contributed by atoms with E-state index in [1.165, 1.54) is 23.4 Å². The first kappa shape index (κ1) is 22.0. The van der Waals surface area contributed by atoms with Gasteiger partial charge in [-0.15, -0.1) is 0 Å². The maximum atomic E-state index is 12.9. The second-order valence-electron chi connectivity index (χ2n) is 7.13. The van der Waals surface area contributed by atoms with Crippen LogP contribution in [0.1, 0.15) is 34.1 Å². The van der Waals surface area contributed by atoms with Crippen molar-refractivity contribution in [1.82, 2.24) is 5.01 Å². The highest BCUT2D eigenvalue weighted by Gasteiger charge is 2.35. The lowest BCUT2D eigenvalue weighted by molar-refractivity contribution is -0.383. The van der Waals surface area contributed by atoms with Crippen LogP contribution in [0.25, 0.3) is 0 Å². The molecule has 2 heterocycles. The van der Waals surface area contributed by atoms with Gasteiger partial charge in [0.1, 0.15) is 17.5 Å². The molecule has 0 unspecified atom stereocenters. The Morgan fingerprint density at radius 2 is 2.00 bits per heavy atom. The number of esters is 1. The number of furan rings is 1. The van der Waals surface area contributed by atoms with Crippen molar-refractivity contribution in [2.45, 2.75) is 12.5 Å². The predicted octanol–water partition coefficient (Wildman–Crippen LogP) is 3.96. The van der Waals surface area contributed by atoms with Gasteiger partial charge < -0.3 is 14.9 Å². The maximum Gasteiger partial charge on any atom is 0.338 e. The number of nitrogen functional groups attached to an aromatic ring is 1. The molecule has 3 aromatic rings. The summed E-state index contributed by atoms with van der Waals surface area (Å²) in [4.78, 5) is 35.6. The van der Waals surface area contributed by atoms with Crippen LogP contribution in [0.5, 0.6) is 0 Å². The van der Waals surface area contributed by atoms with Gasteiger partial charge in [0.15, 0.2) is 6.61 Å². The molecule has 0 spiro atoms. The lowest BCUT2D eigenvalue weighted by atomic mass is 10.0. The zero-order valence-electron chi connectivity index (χ0n) is 17.0. The second-order valence-corrected chi connectivity index (χ2v) is 7.57. The number of ether oxygens (including phenoxy) is 1. The van der Waals surface area contributed by atoms with Gasteiger partial charge in [-0.2, -0.15) is 5.10 Å². The Labute approximate surface area is 192 Å². The molecule has 0 bridgehead atoms. The molecule has 2 aromatic carbocycles. The molecule has 0 saturated carbocycles. The SMILES string of the molecule is Nc1ccc(C(=O)OCC(=O)N2N=C(c3ccc(Cl)cc3)C[C@@H]2c2ccco2)cc1[N+](=O)[O-]. The summed E-state index contributed by atoms with van der Waals surface area (Å²) in [7, 11) is 0. The van der Waals surface area contributed by atoms with Crippen LogP contribution in [0.3, 0.4) is 0 Å². The van der Waals surface area contributed by atoms with E-state index < -0.39 is 35.1 Å². The number of hydrazone groups is 1. The summed E-state index contributed by atoms with van der Waals surface area (Å²) in [5.41, 5.74) is 6.36. The molecule has 1 atom stereocenters. The van der Waals surface area contributed by atoms with E-state index in [0.717, 1.165) is 11.6 Å². The van der Waals surface area contributed by atoms with Crippen LogP contribution in [0.4, 0.5) is 11.4 Å². The largest absolute Gasteiger partial charge is 0.467 e. The summed E-state index contributed by atoms with van der Waals surface area (Å²) in [5.74, 6) is -0.961. The average molecular weight is 469 g/mol. The zero-order valence-corrected chi connectivity index (χ0v) is 17.8. The van der Waals surface area contributed by atoms with Gasteiger partial charge in [-0.25, -0.2) is 9.80 Å². The van der Waals surface area contributed by atoms with E-state index in [1.54, 1.807) is 36.4 Å². The van der Waals surface area contributed by atoms with E-state index in [4.69, 9.17) is 26.5 Å². The minimum atomic E-state index is -0.901. The highest BCUT2D eigenvalue weighted by molar-refractivity contribution is 6.30. The minimum absolute atomic E-state index is 0.0879. The van der Waals surface area contributed by atoms with Gasteiger partial charge in [-0.3, -0.25) is 14.9 Å². The van der Waals surface area contributed by atoms with Gasteiger partial charge >= 0.3 is 5.97 Å². The smallest absolute Gasteiger partial charge is 0.338 e. The summed E-state index contributed by atoms with van der Waals surface area (Å²) in [6, 6.07) is 13.5. The average Bonchev–Trinajstić information content (AvgIpc) is 3.48. The first-order valence-electron chi connectivity index (χ1n) is 9.73. The van der Waals surface area contributed by atoms with Crippen LogP contribution in [0, 0.1) is 10.1 Å². The van der Waals surface area contributed by atoms with Gasteiger partial charge in [-0.05, 0) is 42.0 Å². The summed E-state index contributed by atoms with van der Waals surface area (Å²) >= 11 is 5.95. The Morgan fingerprint density at radius 1 is 1.24 bits per heavy atom. The van der Waals surface area contributed by atoms with Gasteiger partial charge in [0, 0.05) is 17.5 Å². The van der Waals surface area contributed by atoms with Gasteiger partial charge in [-0.1, -0.05) is 23.7 Å². The van der Waals surface area contributed by atoms with Crippen LogP contribution >= 0.6 is 11.6 Å². The minimum Gasteiger partial charge on any atom is -0.467 e. The molecule has 10 nitrogen and oxygen atoms in total. The number of carbonyl (C=O) groups is 2.